The summed E-state index contributed by atoms with van der Waals surface area (Å²) in [7, 11) is 0. The first-order chi connectivity index (χ1) is 8.90. The zero-order valence-corrected chi connectivity index (χ0v) is 11.4. The Morgan fingerprint density at radius 2 is 2.21 bits per heavy atom. The second-order valence-electron chi connectivity index (χ2n) is 4.98. The SMILES string of the molecule is CC(CSc1ccc(F)cc1F)(NC1CC1)C(N)=O. The van der Waals surface area contributed by atoms with E-state index in [1.54, 1.807) is 6.92 Å². The van der Waals surface area contributed by atoms with Gasteiger partial charge >= 0.3 is 0 Å². The minimum Gasteiger partial charge on any atom is -0.368 e. The Balaban J connectivity index is 2.03. The van der Waals surface area contributed by atoms with E-state index < -0.39 is 23.1 Å². The van der Waals surface area contributed by atoms with Crippen LogP contribution in [-0.2, 0) is 4.79 Å². The third-order valence-corrected chi connectivity index (χ3v) is 4.42. The lowest BCUT2D eigenvalue weighted by Gasteiger charge is -2.27. The molecule has 3 N–H and O–H groups in total. The first-order valence-electron chi connectivity index (χ1n) is 6.06. The molecule has 1 saturated carbocycles. The van der Waals surface area contributed by atoms with Crippen molar-refractivity contribution in [3.8, 4) is 0 Å². The molecule has 1 aromatic rings. The van der Waals surface area contributed by atoms with E-state index in [-0.39, 0.29) is 0 Å². The molecule has 0 saturated heterocycles. The maximum Gasteiger partial charge on any atom is 0.238 e. The summed E-state index contributed by atoms with van der Waals surface area (Å²) in [5.74, 6) is -1.39. The molecule has 0 bridgehead atoms. The summed E-state index contributed by atoms with van der Waals surface area (Å²) in [6, 6.07) is 3.71. The van der Waals surface area contributed by atoms with Gasteiger partial charge in [0.1, 0.15) is 17.2 Å². The van der Waals surface area contributed by atoms with Gasteiger partial charge in [0.15, 0.2) is 0 Å². The summed E-state index contributed by atoms with van der Waals surface area (Å²) >= 11 is 1.16. The van der Waals surface area contributed by atoms with Crippen molar-refractivity contribution in [2.24, 2.45) is 5.73 Å². The molecule has 1 aromatic carbocycles. The number of primary amides is 1. The number of nitrogens with one attached hydrogen (secondary N) is 1. The van der Waals surface area contributed by atoms with Crippen molar-refractivity contribution < 1.29 is 13.6 Å². The van der Waals surface area contributed by atoms with Crippen LogP contribution in [-0.4, -0.2) is 23.2 Å². The number of hydrogen-bond acceptors (Lipinski definition) is 3. The molecular formula is C13H16F2N2OS. The van der Waals surface area contributed by atoms with E-state index in [1.807, 2.05) is 0 Å². The molecule has 1 unspecified atom stereocenters. The topological polar surface area (TPSA) is 55.1 Å². The van der Waals surface area contributed by atoms with Crippen LogP contribution in [0.3, 0.4) is 0 Å². The van der Waals surface area contributed by atoms with Gasteiger partial charge in [-0.1, -0.05) is 0 Å². The van der Waals surface area contributed by atoms with E-state index in [0.29, 0.717) is 16.7 Å². The summed E-state index contributed by atoms with van der Waals surface area (Å²) in [4.78, 5) is 11.8. The Morgan fingerprint density at radius 1 is 1.53 bits per heavy atom. The number of thioether (sulfide) groups is 1. The van der Waals surface area contributed by atoms with Crippen LogP contribution < -0.4 is 11.1 Å². The van der Waals surface area contributed by atoms with Crippen molar-refractivity contribution in [1.82, 2.24) is 5.32 Å². The van der Waals surface area contributed by atoms with Crippen molar-refractivity contribution in [2.45, 2.75) is 36.2 Å². The van der Waals surface area contributed by atoms with Crippen molar-refractivity contribution >= 4 is 17.7 Å². The van der Waals surface area contributed by atoms with Crippen LogP contribution in [0, 0.1) is 11.6 Å². The molecule has 0 spiro atoms. The summed E-state index contributed by atoms with van der Waals surface area (Å²) in [5.41, 5.74) is 4.52. The largest absolute Gasteiger partial charge is 0.368 e. The standard InChI is InChI=1S/C13H16F2N2OS/c1-13(12(16)18,17-9-3-4-9)7-19-11-5-2-8(14)6-10(11)15/h2,5-6,9,17H,3-4,7H2,1H3,(H2,16,18). The fourth-order valence-corrected chi connectivity index (χ4v) is 2.71. The third kappa shape index (κ3) is 3.67. The number of benzene rings is 1. The van der Waals surface area contributed by atoms with E-state index in [9.17, 15) is 13.6 Å². The number of halogens is 2. The molecule has 0 radical (unpaired) electrons. The van der Waals surface area contributed by atoms with Gasteiger partial charge in [-0.25, -0.2) is 8.78 Å². The Hall–Kier alpha value is -1.14. The Kier molecular flexibility index (Phi) is 4.10. The minimum atomic E-state index is -0.882. The third-order valence-electron chi connectivity index (χ3n) is 3.05. The van der Waals surface area contributed by atoms with Crippen LogP contribution in [0.2, 0.25) is 0 Å². The van der Waals surface area contributed by atoms with Gasteiger partial charge in [0.05, 0.1) is 0 Å². The van der Waals surface area contributed by atoms with Gasteiger partial charge in [-0.15, -0.1) is 11.8 Å². The Bertz CT molecular complexity index is 494. The second-order valence-corrected chi connectivity index (χ2v) is 6.00. The van der Waals surface area contributed by atoms with Gasteiger partial charge < -0.3 is 11.1 Å². The average molecular weight is 286 g/mol. The normalized spacial score (nSPS) is 18.1. The zero-order valence-electron chi connectivity index (χ0n) is 10.6. The number of carbonyl (C=O) groups excluding carboxylic acids is 1. The monoisotopic (exact) mass is 286 g/mol. The van der Waals surface area contributed by atoms with Crippen LogP contribution in [0.25, 0.3) is 0 Å². The molecule has 1 fully saturated rings. The van der Waals surface area contributed by atoms with Crippen molar-refractivity contribution in [2.75, 3.05) is 5.75 Å². The van der Waals surface area contributed by atoms with Gasteiger partial charge in [0.2, 0.25) is 5.91 Å². The molecule has 1 aliphatic rings. The average Bonchev–Trinajstić information content (AvgIpc) is 3.11. The maximum absolute atomic E-state index is 13.5. The summed E-state index contributed by atoms with van der Waals surface area (Å²) in [6.07, 6.45) is 2.05. The Morgan fingerprint density at radius 3 is 2.74 bits per heavy atom. The van der Waals surface area contributed by atoms with Crippen LogP contribution in [0.5, 0.6) is 0 Å². The molecule has 1 aliphatic carbocycles. The predicted molar refractivity (Wildman–Crippen MR) is 70.8 cm³/mol. The molecule has 1 amide bonds. The van der Waals surface area contributed by atoms with Crippen LogP contribution in [0.15, 0.2) is 23.1 Å². The van der Waals surface area contributed by atoms with Crippen molar-refractivity contribution in [3.63, 3.8) is 0 Å². The lowest BCUT2D eigenvalue weighted by atomic mass is 10.1. The molecule has 104 valence electrons. The first-order valence-corrected chi connectivity index (χ1v) is 7.05. The van der Waals surface area contributed by atoms with E-state index in [4.69, 9.17) is 5.73 Å². The van der Waals surface area contributed by atoms with E-state index in [1.165, 1.54) is 12.1 Å². The highest BCUT2D eigenvalue weighted by Gasteiger charge is 2.37. The molecule has 0 heterocycles. The van der Waals surface area contributed by atoms with E-state index in [2.05, 4.69) is 5.32 Å². The fraction of sp³-hybridized carbons (Fsp3) is 0.462. The summed E-state index contributed by atoms with van der Waals surface area (Å²) < 4.78 is 26.3. The molecule has 1 atom stereocenters. The zero-order chi connectivity index (χ0) is 14.0. The second kappa shape index (κ2) is 5.46. The highest BCUT2D eigenvalue weighted by Crippen LogP contribution is 2.29. The van der Waals surface area contributed by atoms with Gasteiger partial charge in [-0.2, -0.15) is 0 Å². The van der Waals surface area contributed by atoms with Gasteiger partial charge in [0.25, 0.3) is 0 Å². The van der Waals surface area contributed by atoms with Crippen LogP contribution in [0.4, 0.5) is 8.78 Å². The van der Waals surface area contributed by atoms with Crippen LogP contribution in [0.1, 0.15) is 19.8 Å². The highest BCUT2D eigenvalue weighted by molar-refractivity contribution is 7.99. The predicted octanol–water partition coefficient (Wildman–Crippen LogP) is 2.05. The number of amides is 1. The number of carbonyl (C=O) groups is 1. The highest BCUT2D eigenvalue weighted by atomic mass is 32.2. The number of nitrogens with two attached hydrogens (primary N) is 1. The molecule has 0 aromatic heterocycles. The molecule has 2 rings (SSSR count). The van der Waals surface area contributed by atoms with Crippen molar-refractivity contribution in [1.29, 1.82) is 0 Å². The fourth-order valence-electron chi connectivity index (χ4n) is 1.68. The minimum absolute atomic E-state index is 0.307. The van der Waals surface area contributed by atoms with Gasteiger partial charge in [-0.05, 0) is 31.9 Å². The van der Waals surface area contributed by atoms with Crippen LogP contribution >= 0.6 is 11.8 Å². The lowest BCUT2D eigenvalue weighted by Crippen LogP contribution is -2.55. The maximum atomic E-state index is 13.5. The molecule has 19 heavy (non-hydrogen) atoms. The summed E-state index contributed by atoms with van der Waals surface area (Å²) in [5, 5.41) is 3.18. The molecule has 6 heteroatoms. The molecular weight excluding hydrogens is 270 g/mol. The lowest BCUT2D eigenvalue weighted by molar-refractivity contribution is -0.123. The number of rotatable bonds is 6. The van der Waals surface area contributed by atoms with Crippen molar-refractivity contribution in [3.05, 3.63) is 29.8 Å². The van der Waals surface area contributed by atoms with Gasteiger partial charge in [0, 0.05) is 22.8 Å². The molecule has 3 nitrogen and oxygen atoms in total. The Labute approximate surface area is 114 Å². The van der Waals surface area contributed by atoms with Gasteiger partial charge in [-0.3, -0.25) is 4.79 Å². The number of hydrogen-bond donors (Lipinski definition) is 2. The van der Waals surface area contributed by atoms with E-state index in [0.717, 1.165) is 30.7 Å². The van der Waals surface area contributed by atoms with E-state index >= 15 is 0 Å². The first kappa shape index (κ1) is 14.3. The smallest absolute Gasteiger partial charge is 0.238 e. The molecule has 0 aliphatic heterocycles. The summed E-state index contributed by atoms with van der Waals surface area (Å²) in [6.45, 7) is 1.71. The quantitative estimate of drug-likeness (QED) is 0.787.